The fraction of sp³-hybridized carbons (Fsp3) is 0.600. The van der Waals surface area contributed by atoms with Gasteiger partial charge in [0.1, 0.15) is 5.60 Å². The Bertz CT molecular complexity index is 1190. The van der Waals surface area contributed by atoms with E-state index in [1.165, 1.54) is 6.26 Å². The van der Waals surface area contributed by atoms with Crippen LogP contribution in [0.15, 0.2) is 46.6 Å². The van der Waals surface area contributed by atoms with Gasteiger partial charge in [-0.25, -0.2) is 4.79 Å². The first kappa shape index (κ1) is 29.3. The quantitative estimate of drug-likeness (QED) is 0.316. The van der Waals surface area contributed by atoms with Crippen LogP contribution < -0.4 is 5.32 Å². The van der Waals surface area contributed by atoms with Crippen LogP contribution in [0.2, 0.25) is 0 Å². The van der Waals surface area contributed by atoms with E-state index in [0.717, 1.165) is 36.6 Å². The van der Waals surface area contributed by atoms with Gasteiger partial charge in [-0.2, -0.15) is 0 Å². The van der Waals surface area contributed by atoms with Gasteiger partial charge in [0.05, 0.1) is 12.4 Å². The van der Waals surface area contributed by atoms with E-state index in [9.17, 15) is 14.4 Å². The van der Waals surface area contributed by atoms with E-state index in [-0.39, 0.29) is 45.6 Å². The zero-order chi connectivity index (χ0) is 28.6. The summed E-state index contributed by atoms with van der Waals surface area (Å²) in [4.78, 5) is 47.6. The predicted octanol–water partition coefficient (Wildman–Crippen LogP) is 4.89. The van der Waals surface area contributed by atoms with Crippen molar-refractivity contribution in [3.05, 3.63) is 48.0 Å². The molecule has 1 aliphatic heterocycles. The van der Waals surface area contributed by atoms with Crippen molar-refractivity contribution in [2.24, 2.45) is 22.7 Å². The summed E-state index contributed by atoms with van der Waals surface area (Å²) in [5, 5.41) is 2.14. The molecule has 2 heterocycles. The number of amides is 1. The summed E-state index contributed by atoms with van der Waals surface area (Å²) in [6.45, 7) is 8.32. The Labute approximate surface area is 234 Å². The Kier molecular flexibility index (Phi) is 8.07. The molecule has 1 N–H and O–H groups in total. The van der Waals surface area contributed by atoms with E-state index in [1.807, 2.05) is 19.9 Å². The average Bonchev–Trinajstić information content (AvgIpc) is 3.27. The minimum absolute atomic E-state index is 0.0373. The number of carbonyl (C=O) groups excluding carboxylic acids is 4. The predicted molar refractivity (Wildman–Crippen MR) is 148 cm³/mol. The largest absolute Gasteiger partial charge is 0.457 e. The van der Waals surface area contributed by atoms with E-state index >= 15 is 0 Å². The van der Waals surface area contributed by atoms with Gasteiger partial charge in [0.15, 0.2) is 11.4 Å². The normalized spacial score (nSPS) is 38.6. The Hall–Kier alpha value is -2.65. The number of esters is 1. The van der Waals surface area contributed by atoms with E-state index in [2.05, 4.69) is 19.2 Å². The highest BCUT2D eigenvalue weighted by Gasteiger charge is 2.82. The van der Waals surface area contributed by atoms with Crippen LogP contribution in [0.4, 0.5) is 0 Å². The molecule has 1 amide bonds. The molecule has 5 aliphatic rings. The molecule has 6 unspecified atom stereocenters. The topological polar surface area (TPSA) is 115 Å². The highest BCUT2D eigenvalue weighted by molar-refractivity contribution is 8.13. The van der Waals surface area contributed by atoms with E-state index < -0.39 is 17.0 Å². The third-order valence-corrected chi connectivity index (χ3v) is 10.4. The lowest BCUT2D eigenvalue weighted by Crippen LogP contribution is -2.61. The molecular weight excluding hydrogens is 518 g/mol. The fourth-order valence-electron chi connectivity index (χ4n) is 7.95. The molecule has 1 saturated heterocycles. The fourth-order valence-corrected chi connectivity index (χ4v) is 8.66. The van der Waals surface area contributed by atoms with E-state index in [1.54, 1.807) is 37.6 Å². The lowest BCUT2D eigenvalue weighted by atomic mass is 9.47. The van der Waals surface area contributed by atoms with Crippen LogP contribution in [-0.2, 0) is 23.9 Å². The number of ketones is 1. The SMILES string of the molecule is CC.CNC=O.CSC(=O)[C@@]1(OC(=O)c2ccco2)CCC2C3CCC4=CC(=O)C=CC4(C)C34OC4CC21C. The second-order valence-electron chi connectivity index (χ2n) is 11.0. The van der Waals surface area contributed by atoms with Crippen LogP contribution in [0.25, 0.3) is 0 Å². The van der Waals surface area contributed by atoms with Crippen LogP contribution in [0.1, 0.15) is 70.4 Å². The number of fused-ring (bicyclic) bond motifs is 3. The molecule has 3 saturated carbocycles. The summed E-state index contributed by atoms with van der Waals surface area (Å²) in [5.74, 6) is -0.0146. The number of hydrogen-bond acceptors (Lipinski definition) is 8. The number of carbonyl (C=O) groups is 4. The second kappa shape index (κ2) is 10.7. The third kappa shape index (κ3) is 4.15. The molecule has 9 heteroatoms. The lowest BCUT2D eigenvalue weighted by Gasteiger charge is -2.55. The van der Waals surface area contributed by atoms with E-state index in [4.69, 9.17) is 18.7 Å². The van der Waals surface area contributed by atoms with Crippen molar-refractivity contribution >= 4 is 35.0 Å². The van der Waals surface area contributed by atoms with Crippen LogP contribution in [0, 0.1) is 22.7 Å². The van der Waals surface area contributed by atoms with Crippen molar-refractivity contribution in [1.82, 2.24) is 5.32 Å². The second-order valence-corrected chi connectivity index (χ2v) is 11.8. The van der Waals surface area contributed by atoms with Crippen LogP contribution >= 0.6 is 11.8 Å². The smallest absolute Gasteiger partial charge is 0.375 e. The summed E-state index contributed by atoms with van der Waals surface area (Å²) in [6.07, 6.45) is 13.0. The molecule has 0 radical (unpaired) electrons. The zero-order valence-corrected chi connectivity index (χ0v) is 24.4. The Morgan fingerprint density at radius 1 is 1.21 bits per heavy atom. The molecule has 212 valence electrons. The zero-order valence-electron chi connectivity index (χ0n) is 23.6. The highest BCUT2D eigenvalue weighted by Crippen LogP contribution is 2.76. The molecule has 0 aromatic carbocycles. The minimum atomic E-state index is -1.21. The number of nitrogens with one attached hydrogen (secondary N) is 1. The number of furan rings is 1. The highest BCUT2D eigenvalue weighted by atomic mass is 32.2. The molecule has 1 aromatic rings. The van der Waals surface area contributed by atoms with Gasteiger partial charge in [-0.1, -0.05) is 44.2 Å². The van der Waals surface area contributed by atoms with Gasteiger partial charge >= 0.3 is 5.97 Å². The van der Waals surface area contributed by atoms with Crippen molar-refractivity contribution in [2.45, 2.75) is 77.1 Å². The van der Waals surface area contributed by atoms with Gasteiger partial charge in [0, 0.05) is 17.9 Å². The van der Waals surface area contributed by atoms with Crippen molar-refractivity contribution in [2.75, 3.05) is 13.3 Å². The van der Waals surface area contributed by atoms with Crippen LogP contribution in [-0.4, -0.2) is 53.9 Å². The Morgan fingerprint density at radius 2 is 1.92 bits per heavy atom. The summed E-state index contributed by atoms with van der Waals surface area (Å²) in [6, 6.07) is 3.21. The van der Waals surface area contributed by atoms with Gasteiger partial charge in [-0.15, -0.1) is 0 Å². The summed E-state index contributed by atoms with van der Waals surface area (Å²) in [5.41, 5.74) is -1.24. The first-order valence-electron chi connectivity index (χ1n) is 13.7. The van der Waals surface area contributed by atoms with Crippen molar-refractivity contribution in [1.29, 1.82) is 0 Å². The minimum Gasteiger partial charge on any atom is -0.457 e. The monoisotopic (exact) mass is 557 g/mol. The first-order valence-corrected chi connectivity index (χ1v) is 14.9. The third-order valence-electron chi connectivity index (χ3n) is 9.68. The Morgan fingerprint density at radius 3 is 2.54 bits per heavy atom. The van der Waals surface area contributed by atoms with E-state index in [0.29, 0.717) is 19.3 Å². The molecule has 4 fully saturated rings. The van der Waals surface area contributed by atoms with Crippen LogP contribution in [0.3, 0.4) is 0 Å². The number of thioether (sulfide) groups is 1. The van der Waals surface area contributed by atoms with Gasteiger partial charge in [0.25, 0.3) is 0 Å². The van der Waals surface area contributed by atoms with Gasteiger partial charge in [-0.05, 0) is 81.4 Å². The van der Waals surface area contributed by atoms with Crippen molar-refractivity contribution < 1.29 is 33.1 Å². The molecule has 39 heavy (non-hydrogen) atoms. The summed E-state index contributed by atoms with van der Waals surface area (Å²) in [7, 11) is 1.56. The molecular formula is C30H39NO7S. The molecule has 1 aromatic heterocycles. The number of epoxide rings is 1. The lowest BCUT2D eigenvalue weighted by molar-refractivity contribution is -0.150. The number of allylic oxidation sites excluding steroid dienone is 2. The standard InChI is InChI=1S/C26H28O6S.C2H5NO.C2H6/c1-23-10-8-16(27)13-15(23)6-7-18-17-9-11-25(22(29)33-3,32-21(28)19-5-4-12-30-19)24(17,2)14-20-26(18,23)31-20;1-3-2-4;1-2/h4-5,8,10,12-13,17-18,20H,6-7,9,11,14H2,1-3H3;2H,1H3,(H,3,4);1-2H3/t17?,18?,20?,23?,24?,25-,26?;;/m0../s1. The van der Waals surface area contributed by atoms with Gasteiger partial charge in [0.2, 0.25) is 17.3 Å². The van der Waals surface area contributed by atoms with Gasteiger partial charge < -0.3 is 19.2 Å². The molecule has 0 bridgehead atoms. The number of ether oxygens (including phenoxy) is 2. The summed E-state index contributed by atoms with van der Waals surface area (Å²) < 4.78 is 18.0. The molecule has 4 aliphatic carbocycles. The maximum absolute atomic E-state index is 13.5. The van der Waals surface area contributed by atoms with Crippen LogP contribution in [0.5, 0.6) is 0 Å². The number of hydrogen-bond donors (Lipinski definition) is 1. The maximum Gasteiger partial charge on any atom is 0.375 e. The number of rotatable bonds is 4. The first-order chi connectivity index (χ1) is 18.6. The van der Waals surface area contributed by atoms with Crippen molar-refractivity contribution in [3.8, 4) is 0 Å². The average molecular weight is 558 g/mol. The molecule has 8 nitrogen and oxygen atoms in total. The maximum atomic E-state index is 13.5. The summed E-state index contributed by atoms with van der Waals surface area (Å²) >= 11 is 1.13. The molecule has 1 spiro atoms. The van der Waals surface area contributed by atoms with Gasteiger partial charge in [-0.3, -0.25) is 14.4 Å². The van der Waals surface area contributed by atoms with Crippen molar-refractivity contribution in [3.63, 3.8) is 0 Å². The molecule has 7 atom stereocenters. The Balaban J connectivity index is 0.000000541. The molecule has 6 rings (SSSR count).